The van der Waals surface area contributed by atoms with Gasteiger partial charge in [-0.3, -0.25) is 9.59 Å². The van der Waals surface area contributed by atoms with Gasteiger partial charge in [-0.15, -0.1) is 0 Å². The number of benzene rings is 2. The van der Waals surface area contributed by atoms with E-state index in [1.165, 1.54) is 9.12 Å². The van der Waals surface area contributed by atoms with Gasteiger partial charge in [0.05, 0.1) is 6.61 Å². The average Bonchev–Trinajstić information content (AvgIpc) is 2.62. The number of esters is 1. The molecule has 0 amide bonds. The second-order valence-electron chi connectivity index (χ2n) is 6.50. The van der Waals surface area contributed by atoms with Gasteiger partial charge in [0.25, 0.3) is 0 Å². The second-order valence-corrected chi connectivity index (χ2v) is 6.50. The lowest BCUT2D eigenvalue weighted by Crippen LogP contribution is -2.26. The maximum absolute atomic E-state index is 13.2. The fourth-order valence-electron chi connectivity index (χ4n) is 2.72. The van der Waals surface area contributed by atoms with Crippen molar-refractivity contribution in [2.24, 2.45) is 5.92 Å². The zero-order chi connectivity index (χ0) is 19.7. The van der Waals surface area contributed by atoms with Crippen LogP contribution >= 0.6 is 9.12 Å². The molecule has 2 aromatic rings. The van der Waals surface area contributed by atoms with Gasteiger partial charge >= 0.3 is 15.1 Å². The highest BCUT2D eigenvalue weighted by Crippen LogP contribution is 2.26. The Balaban J connectivity index is 0.00000163. The predicted molar refractivity (Wildman–Crippen MR) is 106 cm³/mol. The third kappa shape index (κ3) is 5.60. The molecule has 2 rings (SSSR count). The molecule has 0 fully saturated rings. The summed E-state index contributed by atoms with van der Waals surface area (Å²) in [6, 6.07) is 14.8. The van der Waals surface area contributed by atoms with E-state index in [9.17, 15) is 9.59 Å². The topological polar surface area (TPSA) is 60.4 Å². The fourth-order valence-corrected chi connectivity index (χ4v) is 2.72. The first-order valence-electron chi connectivity index (χ1n) is 8.47. The van der Waals surface area contributed by atoms with Crippen molar-refractivity contribution in [3.63, 3.8) is 0 Å². The molecule has 0 aliphatic rings. The highest BCUT2D eigenvalue weighted by molar-refractivity contribution is 7.00. The molecule has 2 unspecified atom stereocenters. The van der Waals surface area contributed by atoms with Gasteiger partial charge in [0.15, 0.2) is 5.78 Å². The van der Waals surface area contributed by atoms with Gasteiger partial charge in [-0.05, 0) is 36.5 Å². The minimum atomic E-state index is -0.926. The van der Waals surface area contributed by atoms with Crippen molar-refractivity contribution in [1.29, 1.82) is 0 Å². The maximum atomic E-state index is 13.2. The van der Waals surface area contributed by atoms with E-state index in [-0.39, 0.29) is 11.7 Å². The molecule has 0 heterocycles. The van der Waals surface area contributed by atoms with Crippen LogP contribution in [0.5, 0.6) is 0 Å². The SMILES string of the molecule is Cc1cccc(C)c1C(=O)C(C(=O)OCC(C)C)c1ccccc1.O=[PH2+]. The van der Waals surface area contributed by atoms with E-state index in [1.54, 1.807) is 12.1 Å². The van der Waals surface area contributed by atoms with Crippen LogP contribution in [0.3, 0.4) is 0 Å². The molecule has 0 aromatic heterocycles. The summed E-state index contributed by atoms with van der Waals surface area (Å²) in [6.07, 6.45) is 0. The molecule has 0 saturated heterocycles. The van der Waals surface area contributed by atoms with Crippen molar-refractivity contribution >= 4 is 20.9 Å². The molecule has 0 aliphatic heterocycles. The molecule has 0 aliphatic carbocycles. The summed E-state index contributed by atoms with van der Waals surface area (Å²) in [5.41, 5.74) is 3.02. The number of carbonyl (C=O) groups is 2. The summed E-state index contributed by atoms with van der Waals surface area (Å²) in [5.74, 6) is -1.39. The number of Topliss-reactive ketones (excluding diaryl/α,β-unsaturated/α-hetero) is 1. The van der Waals surface area contributed by atoms with Gasteiger partial charge in [0.1, 0.15) is 5.92 Å². The van der Waals surface area contributed by atoms with E-state index in [0.29, 0.717) is 17.7 Å². The Morgan fingerprint density at radius 3 is 1.96 bits per heavy atom. The van der Waals surface area contributed by atoms with Crippen LogP contribution in [0.15, 0.2) is 48.5 Å². The first-order chi connectivity index (χ1) is 12.4. The lowest BCUT2D eigenvalue weighted by molar-refractivity contribution is -0.145. The summed E-state index contributed by atoms with van der Waals surface area (Å²) in [4.78, 5) is 25.8. The first-order valence-corrected chi connectivity index (χ1v) is 8.94. The van der Waals surface area contributed by atoms with Gasteiger partial charge in [-0.2, -0.15) is 0 Å². The number of rotatable bonds is 6. The van der Waals surface area contributed by atoms with E-state index < -0.39 is 11.9 Å². The molecule has 0 N–H and O–H groups in total. The van der Waals surface area contributed by atoms with Crippen LogP contribution in [0.2, 0.25) is 0 Å². The zero-order valence-corrected chi connectivity index (χ0v) is 16.8. The summed E-state index contributed by atoms with van der Waals surface area (Å²) in [7, 11) is 1.17. The Morgan fingerprint density at radius 1 is 0.923 bits per heavy atom. The molecule has 0 bridgehead atoms. The van der Waals surface area contributed by atoms with Crippen LogP contribution in [0, 0.1) is 19.8 Å². The number of hydrogen-bond donors (Lipinski definition) is 0. The predicted octanol–water partition coefficient (Wildman–Crippen LogP) is 4.68. The summed E-state index contributed by atoms with van der Waals surface area (Å²) < 4.78 is 13.5. The number of carbonyl (C=O) groups excluding carboxylic acids is 2. The smallest absolute Gasteiger partial charge is 0.321 e. The van der Waals surface area contributed by atoms with E-state index >= 15 is 0 Å². The van der Waals surface area contributed by atoms with Gasteiger partial charge < -0.3 is 4.74 Å². The first kappa shape index (κ1) is 21.7. The molecular weight excluding hydrogens is 347 g/mol. The molecule has 2 atom stereocenters. The molecular formula is C21H26O4P+. The van der Waals surface area contributed by atoms with Gasteiger partial charge in [-0.25, -0.2) is 0 Å². The molecule has 4 nitrogen and oxygen atoms in total. The Labute approximate surface area is 157 Å². The van der Waals surface area contributed by atoms with Crippen LogP contribution in [0.4, 0.5) is 0 Å². The van der Waals surface area contributed by atoms with Crippen molar-refractivity contribution in [2.75, 3.05) is 6.61 Å². The Hall–Kier alpha value is -2.32. The summed E-state index contributed by atoms with van der Waals surface area (Å²) >= 11 is 0. The quantitative estimate of drug-likeness (QED) is 0.319. The lowest BCUT2D eigenvalue weighted by atomic mass is 9.87. The Morgan fingerprint density at radius 2 is 1.46 bits per heavy atom. The van der Waals surface area contributed by atoms with Gasteiger partial charge in [-0.1, -0.05) is 66.9 Å². The standard InChI is InChI=1S/C21H24O3.H2OP/c1-14(2)13-24-21(23)19(17-11-6-5-7-12-17)20(22)18-15(3)9-8-10-16(18)4;1-2/h5-12,14,19H,13H2,1-4H3;2H2/q;+1. The summed E-state index contributed by atoms with van der Waals surface area (Å²) in [5, 5.41) is 0. The lowest BCUT2D eigenvalue weighted by Gasteiger charge is -2.18. The molecule has 0 saturated carbocycles. The van der Waals surface area contributed by atoms with Crippen molar-refractivity contribution in [2.45, 2.75) is 33.6 Å². The number of ether oxygens (including phenoxy) is 1. The van der Waals surface area contributed by atoms with Crippen LogP contribution in [-0.2, 0) is 14.1 Å². The van der Waals surface area contributed by atoms with E-state index in [2.05, 4.69) is 0 Å². The van der Waals surface area contributed by atoms with Gasteiger partial charge in [0, 0.05) is 5.56 Å². The zero-order valence-electron chi connectivity index (χ0n) is 15.7. The van der Waals surface area contributed by atoms with Crippen LogP contribution in [0.1, 0.15) is 46.8 Å². The van der Waals surface area contributed by atoms with E-state index in [0.717, 1.165) is 11.1 Å². The molecule has 2 aromatic carbocycles. The normalized spacial score (nSPS) is 11.3. The molecule has 26 heavy (non-hydrogen) atoms. The van der Waals surface area contributed by atoms with Crippen LogP contribution < -0.4 is 0 Å². The van der Waals surface area contributed by atoms with Crippen molar-refractivity contribution in [3.05, 3.63) is 70.8 Å². The largest absolute Gasteiger partial charge is 0.465 e. The Bertz CT molecular complexity index is 721. The molecule has 138 valence electrons. The van der Waals surface area contributed by atoms with Crippen molar-refractivity contribution < 1.29 is 18.9 Å². The number of hydrogen-bond acceptors (Lipinski definition) is 4. The second kappa shape index (κ2) is 10.6. The monoisotopic (exact) mass is 373 g/mol. The fraction of sp³-hybridized carbons (Fsp3) is 0.333. The highest BCUT2D eigenvalue weighted by Gasteiger charge is 2.32. The van der Waals surface area contributed by atoms with Crippen molar-refractivity contribution in [1.82, 2.24) is 0 Å². The highest BCUT2D eigenvalue weighted by atomic mass is 31.0. The number of aryl methyl sites for hydroxylation is 2. The van der Waals surface area contributed by atoms with E-state index in [1.807, 2.05) is 64.1 Å². The van der Waals surface area contributed by atoms with E-state index in [4.69, 9.17) is 9.30 Å². The summed E-state index contributed by atoms with van der Waals surface area (Å²) in [6.45, 7) is 8.03. The average molecular weight is 373 g/mol. The molecule has 0 spiro atoms. The van der Waals surface area contributed by atoms with Gasteiger partial charge in [0.2, 0.25) is 0 Å². The third-order valence-electron chi connectivity index (χ3n) is 3.92. The third-order valence-corrected chi connectivity index (χ3v) is 3.92. The maximum Gasteiger partial charge on any atom is 0.321 e. The Kier molecular flexibility index (Phi) is 8.87. The minimum absolute atomic E-state index is 0.203. The number of ketones is 1. The van der Waals surface area contributed by atoms with Crippen LogP contribution in [0.25, 0.3) is 0 Å². The minimum Gasteiger partial charge on any atom is -0.465 e. The van der Waals surface area contributed by atoms with Crippen LogP contribution in [-0.4, -0.2) is 18.4 Å². The molecule has 0 radical (unpaired) electrons. The molecule has 5 heteroatoms. The van der Waals surface area contributed by atoms with Crippen molar-refractivity contribution in [3.8, 4) is 0 Å².